The molecule has 0 bridgehead atoms. The van der Waals surface area contributed by atoms with E-state index in [0.717, 1.165) is 6.42 Å². The van der Waals surface area contributed by atoms with Gasteiger partial charge in [-0.3, -0.25) is 13.6 Å². The first-order chi connectivity index (χ1) is 7.41. The molecule has 0 fully saturated rings. The molecule has 0 aromatic carbocycles. The summed E-state index contributed by atoms with van der Waals surface area (Å²) in [6, 6.07) is 0. The van der Waals surface area contributed by atoms with E-state index >= 15 is 0 Å². The Kier molecular flexibility index (Phi) is 4.35. The van der Waals surface area contributed by atoms with E-state index in [2.05, 4.69) is 5.92 Å². The zero-order valence-electron chi connectivity index (χ0n) is 9.80. The highest BCUT2D eigenvalue weighted by Gasteiger charge is 2.36. The number of hydrogen-bond donors (Lipinski definition) is 0. The smallest absolute Gasteiger partial charge is 0.287 e. The van der Waals surface area contributed by atoms with Gasteiger partial charge in [-0.2, -0.15) is 0 Å². The first kappa shape index (κ1) is 13.5. The van der Waals surface area contributed by atoms with Crippen molar-refractivity contribution in [2.24, 2.45) is 0 Å². The maximum atomic E-state index is 12.2. The Balaban J connectivity index is 2.68. The Morgan fingerprint density at radius 1 is 1.62 bits per heavy atom. The third kappa shape index (κ3) is 3.77. The van der Waals surface area contributed by atoms with Gasteiger partial charge in [0, 0.05) is 0 Å². The van der Waals surface area contributed by atoms with Crippen molar-refractivity contribution in [1.82, 2.24) is 0 Å². The molecule has 0 saturated heterocycles. The van der Waals surface area contributed by atoms with Crippen LogP contribution in [-0.4, -0.2) is 18.3 Å². The van der Waals surface area contributed by atoms with Gasteiger partial charge in [0.25, 0.3) is 0 Å². The van der Waals surface area contributed by atoms with E-state index in [0.29, 0.717) is 0 Å². The average molecular weight is 244 g/mol. The minimum Gasteiger partial charge on any atom is -0.287 e. The quantitative estimate of drug-likeness (QED) is 0.409. The summed E-state index contributed by atoms with van der Waals surface area (Å²) < 4.78 is 27.8. The predicted molar refractivity (Wildman–Crippen MR) is 61.9 cm³/mol. The Hall–Kier alpha value is -0.590. The van der Waals surface area contributed by atoms with Crippen molar-refractivity contribution in [3.05, 3.63) is 12.2 Å². The highest BCUT2D eigenvalue weighted by molar-refractivity contribution is 7.48. The normalized spacial score (nSPS) is 23.2. The lowest BCUT2D eigenvalue weighted by molar-refractivity contribution is 0.0502. The van der Waals surface area contributed by atoms with Crippen LogP contribution in [0.3, 0.4) is 0 Å². The summed E-state index contributed by atoms with van der Waals surface area (Å²) in [5.41, 5.74) is -0.974. The van der Waals surface area contributed by atoms with E-state index in [9.17, 15) is 4.57 Å². The number of hydrogen-bond acceptors (Lipinski definition) is 4. The number of phosphoric acid groups is 1. The van der Waals surface area contributed by atoms with E-state index in [1.165, 1.54) is 0 Å². The zero-order valence-corrected chi connectivity index (χ0v) is 10.7. The van der Waals surface area contributed by atoms with Gasteiger partial charge in [0.2, 0.25) is 0 Å². The first-order valence-electron chi connectivity index (χ1n) is 5.19. The Bertz CT molecular complexity index is 353. The molecule has 0 amide bonds. The summed E-state index contributed by atoms with van der Waals surface area (Å²) in [6.07, 6.45) is 9.51. The van der Waals surface area contributed by atoms with E-state index in [-0.39, 0.29) is 12.7 Å². The molecule has 0 heterocycles. The Morgan fingerprint density at radius 3 is 2.62 bits per heavy atom. The van der Waals surface area contributed by atoms with Gasteiger partial charge in [-0.15, -0.1) is 6.42 Å². The number of terminal acetylenes is 1. The lowest BCUT2D eigenvalue weighted by Crippen LogP contribution is -2.24. The van der Waals surface area contributed by atoms with Crippen LogP contribution in [0.2, 0.25) is 0 Å². The van der Waals surface area contributed by atoms with E-state index in [1.807, 2.05) is 6.08 Å². The number of rotatable bonds is 6. The molecule has 1 aliphatic rings. The minimum atomic E-state index is -3.57. The van der Waals surface area contributed by atoms with Crippen molar-refractivity contribution in [2.75, 3.05) is 6.61 Å². The third-order valence-corrected chi connectivity index (χ3v) is 3.74. The van der Waals surface area contributed by atoms with E-state index in [4.69, 9.17) is 20.0 Å². The standard InChI is InChI=1S/C11H17O4P/c1-5-11(3,4)15-16(12,13-6-2)14-10-8-7-9-10/h1,7-8,10H,6,9H2,2-4H3. The third-order valence-electron chi connectivity index (χ3n) is 1.96. The summed E-state index contributed by atoms with van der Waals surface area (Å²) in [4.78, 5) is 0. The van der Waals surface area contributed by atoms with Crippen molar-refractivity contribution >= 4 is 7.82 Å². The zero-order chi connectivity index (χ0) is 12.2. The molecule has 1 rings (SSSR count). The Labute approximate surface area is 96.6 Å². The van der Waals surface area contributed by atoms with Crippen LogP contribution in [-0.2, 0) is 18.1 Å². The summed E-state index contributed by atoms with van der Waals surface area (Å²) in [7, 11) is -3.57. The van der Waals surface area contributed by atoms with Gasteiger partial charge in [-0.05, 0) is 27.2 Å². The summed E-state index contributed by atoms with van der Waals surface area (Å²) >= 11 is 0. The fourth-order valence-corrected chi connectivity index (χ4v) is 2.61. The molecule has 0 saturated carbocycles. The molecule has 16 heavy (non-hydrogen) atoms. The van der Waals surface area contributed by atoms with Gasteiger partial charge in [0.1, 0.15) is 5.60 Å². The maximum Gasteiger partial charge on any atom is 0.476 e. The molecule has 0 spiro atoms. The monoisotopic (exact) mass is 244 g/mol. The van der Waals surface area contributed by atoms with Crippen LogP contribution in [0.25, 0.3) is 0 Å². The van der Waals surface area contributed by atoms with Crippen LogP contribution < -0.4 is 0 Å². The highest BCUT2D eigenvalue weighted by atomic mass is 31.2. The molecule has 0 aromatic heterocycles. The molecule has 0 aromatic rings. The van der Waals surface area contributed by atoms with Crippen molar-refractivity contribution in [2.45, 2.75) is 38.9 Å². The highest BCUT2D eigenvalue weighted by Crippen LogP contribution is 2.54. The van der Waals surface area contributed by atoms with Crippen LogP contribution in [0, 0.1) is 12.3 Å². The molecule has 0 radical (unpaired) electrons. The van der Waals surface area contributed by atoms with E-state index in [1.54, 1.807) is 26.8 Å². The summed E-state index contributed by atoms with van der Waals surface area (Å²) in [5, 5.41) is 0. The molecular formula is C11H17O4P. The van der Waals surface area contributed by atoms with Gasteiger partial charge in [-0.25, -0.2) is 4.57 Å². The van der Waals surface area contributed by atoms with Crippen LogP contribution in [0.1, 0.15) is 27.2 Å². The molecule has 5 heteroatoms. The van der Waals surface area contributed by atoms with Crippen LogP contribution in [0.5, 0.6) is 0 Å². The van der Waals surface area contributed by atoms with Crippen LogP contribution >= 0.6 is 7.82 Å². The van der Waals surface area contributed by atoms with Crippen molar-refractivity contribution in [3.63, 3.8) is 0 Å². The van der Waals surface area contributed by atoms with Gasteiger partial charge in [-0.1, -0.05) is 18.1 Å². The maximum absolute atomic E-state index is 12.2. The van der Waals surface area contributed by atoms with Gasteiger partial charge in [0.15, 0.2) is 0 Å². The minimum absolute atomic E-state index is 0.203. The van der Waals surface area contributed by atoms with Gasteiger partial charge in [0.05, 0.1) is 12.7 Å². The lowest BCUT2D eigenvalue weighted by Gasteiger charge is -2.28. The van der Waals surface area contributed by atoms with Gasteiger partial charge < -0.3 is 0 Å². The molecule has 2 unspecified atom stereocenters. The fraction of sp³-hybridized carbons (Fsp3) is 0.636. The fourth-order valence-electron chi connectivity index (χ4n) is 1.03. The van der Waals surface area contributed by atoms with E-state index < -0.39 is 13.4 Å². The van der Waals surface area contributed by atoms with Crippen LogP contribution in [0.4, 0.5) is 0 Å². The predicted octanol–water partition coefficient (Wildman–Crippen LogP) is 2.90. The SMILES string of the molecule is C#CC(C)(C)OP(=O)(OCC)OC1C=CC1. The molecule has 0 aliphatic heterocycles. The van der Waals surface area contributed by atoms with Crippen molar-refractivity contribution in [1.29, 1.82) is 0 Å². The van der Waals surface area contributed by atoms with Crippen LogP contribution in [0.15, 0.2) is 12.2 Å². The second-order valence-electron chi connectivity index (χ2n) is 3.92. The average Bonchev–Trinajstić information content (AvgIpc) is 2.11. The molecule has 0 N–H and O–H groups in total. The molecule has 90 valence electrons. The van der Waals surface area contributed by atoms with Gasteiger partial charge >= 0.3 is 7.82 Å². The first-order valence-corrected chi connectivity index (χ1v) is 6.65. The molecule has 2 atom stereocenters. The topological polar surface area (TPSA) is 44.8 Å². The summed E-state index contributed by atoms with van der Waals surface area (Å²) in [5.74, 6) is 2.39. The second kappa shape index (κ2) is 5.16. The summed E-state index contributed by atoms with van der Waals surface area (Å²) in [6.45, 7) is 5.24. The number of phosphoric ester groups is 1. The second-order valence-corrected chi connectivity index (χ2v) is 5.46. The molecular weight excluding hydrogens is 227 g/mol. The lowest BCUT2D eigenvalue weighted by atomic mass is 10.1. The van der Waals surface area contributed by atoms with Crippen molar-refractivity contribution < 1.29 is 18.1 Å². The molecule has 4 nitrogen and oxygen atoms in total. The van der Waals surface area contributed by atoms with Crippen molar-refractivity contribution in [3.8, 4) is 12.3 Å². The largest absolute Gasteiger partial charge is 0.476 e. The molecule has 1 aliphatic carbocycles. The Morgan fingerprint density at radius 2 is 2.25 bits per heavy atom.